The van der Waals surface area contributed by atoms with E-state index in [2.05, 4.69) is 20.5 Å². The Hall–Kier alpha value is -3.84. The number of amides is 1. The lowest BCUT2D eigenvalue weighted by molar-refractivity contribution is 0.102. The monoisotopic (exact) mass is 412 g/mol. The van der Waals surface area contributed by atoms with Gasteiger partial charge in [-0.3, -0.25) is 10.1 Å². The first-order valence-corrected chi connectivity index (χ1v) is 10.2. The van der Waals surface area contributed by atoms with Crippen molar-refractivity contribution < 1.29 is 9.21 Å². The van der Waals surface area contributed by atoms with E-state index >= 15 is 0 Å². The first-order chi connectivity index (χ1) is 14.7. The molecule has 1 N–H and O–H groups in total. The van der Waals surface area contributed by atoms with Crippen molar-refractivity contribution in [3.8, 4) is 22.9 Å². The molecule has 2 aromatic heterocycles. The fourth-order valence-corrected chi connectivity index (χ4v) is 4.05. The van der Waals surface area contributed by atoms with Crippen LogP contribution in [-0.2, 0) is 0 Å². The molecule has 0 radical (unpaired) electrons. The molecular weight excluding hydrogens is 396 g/mol. The summed E-state index contributed by atoms with van der Waals surface area (Å²) in [7, 11) is 0. The summed E-state index contributed by atoms with van der Waals surface area (Å²) in [5.41, 5.74) is 4.13. The third kappa shape index (κ3) is 3.46. The number of aryl methyl sites for hydroxylation is 1. The largest absolute Gasteiger partial charge is 0.416 e. The van der Waals surface area contributed by atoms with Gasteiger partial charge in [-0.05, 0) is 55.0 Å². The van der Waals surface area contributed by atoms with E-state index < -0.39 is 0 Å². The molecule has 0 atom stereocenters. The fourth-order valence-electron chi connectivity index (χ4n) is 3.11. The highest BCUT2D eigenvalue weighted by Crippen LogP contribution is 2.28. The molecule has 0 saturated heterocycles. The average Bonchev–Trinajstić information content (AvgIpc) is 3.42. The Kier molecular flexibility index (Phi) is 4.57. The van der Waals surface area contributed by atoms with Crippen LogP contribution in [0.25, 0.3) is 33.1 Å². The number of benzene rings is 3. The van der Waals surface area contributed by atoms with Crippen LogP contribution in [0.5, 0.6) is 0 Å². The minimum Gasteiger partial charge on any atom is -0.416 e. The number of nitrogens with zero attached hydrogens (tertiary/aromatic N) is 3. The second-order valence-electron chi connectivity index (χ2n) is 6.75. The summed E-state index contributed by atoms with van der Waals surface area (Å²) in [5.74, 6) is 0.648. The van der Waals surface area contributed by atoms with Gasteiger partial charge in [-0.1, -0.05) is 41.7 Å². The molecule has 6 nitrogen and oxygen atoms in total. The molecule has 0 fully saturated rings. The zero-order valence-corrected chi connectivity index (χ0v) is 16.8. The molecule has 7 heteroatoms. The number of thiazole rings is 1. The fraction of sp³-hybridized carbons (Fsp3) is 0.0435. The maximum atomic E-state index is 12.6. The topological polar surface area (TPSA) is 80.9 Å². The van der Waals surface area contributed by atoms with Crippen molar-refractivity contribution >= 4 is 32.6 Å². The van der Waals surface area contributed by atoms with E-state index in [4.69, 9.17) is 4.42 Å². The number of rotatable bonds is 4. The number of anilines is 1. The zero-order chi connectivity index (χ0) is 20.5. The highest BCUT2D eigenvalue weighted by Gasteiger charge is 2.13. The van der Waals surface area contributed by atoms with Crippen LogP contribution in [0.1, 0.15) is 15.9 Å². The van der Waals surface area contributed by atoms with Crippen molar-refractivity contribution in [2.75, 3.05) is 5.32 Å². The van der Waals surface area contributed by atoms with Crippen LogP contribution in [0.2, 0.25) is 0 Å². The highest BCUT2D eigenvalue weighted by atomic mass is 32.1. The second-order valence-corrected chi connectivity index (χ2v) is 7.78. The van der Waals surface area contributed by atoms with Gasteiger partial charge in [0.25, 0.3) is 5.91 Å². The summed E-state index contributed by atoms with van der Waals surface area (Å²) >= 11 is 1.46. The van der Waals surface area contributed by atoms with E-state index in [1.54, 1.807) is 24.3 Å². The van der Waals surface area contributed by atoms with E-state index in [-0.39, 0.29) is 5.91 Å². The maximum absolute atomic E-state index is 12.6. The average molecular weight is 412 g/mol. The minimum absolute atomic E-state index is 0.214. The first kappa shape index (κ1) is 18.2. The van der Waals surface area contributed by atoms with Crippen molar-refractivity contribution in [1.82, 2.24) is 15.2 Å². The Bertz CT molecular complexity index is 1340. The summed E-state index contributed by atoms with van der Waals surface area (Å²) in [5, 5.41) is 11.7. The van der Waals surface area contributed by atoms with Gasteiger partial charge in [-0.25, -0.2) is 4.98 Å². The molecule has 3 aromatic carbocycles. The Morgan fingerprint density at radius 3 is 2.27 bits per heavy atom. The van der Waals surface area contributed by atoms with Gasteiger partial charge in [0, 0.05) is 16.7 Å². The summed E-state index contributed by atoms with van der Waals surface area (Å²) < 4.78 is 6.81. The van der Waals surface area contributed by atoms with E-state index in [1.165, 1.54) is 11.3 Å². The van der Waals surface area contributed by atoms with Crippen LogP contribution in [0.15, 0.2) is 77.2 Å². The molecule has 0 spiro atoms. The predicted octanol–water partition coefficient (Wildman–Crippen LogP) is 5.57. The summed E-state index contributed by atoms with van der Waals surface area (Å²) in [6.07, 6.45) is 0. The number of carbonyl (C=O) groups is 1. The van der Waals surface area contributed by atoms with Crippen LogP contribution in [-0.4, -0.2) is 21.1 Å². The third-order valence-corrected chi connectivity index (χ3v) is 5.62. The first-order valence-electron chi connectivity index (χ1n) is 9.34. The van der Waals surface area contributed by atoms with Crippen LogP contribution < -0.4 is 5.32 Å². The van der Waals surface area contributed by atoms with Crippen LogP contribution >= 0.6 is 11.3 Å². The van der Waals surface area contributed by atoms with Crippen LogP contribution in [0.3, 0.4) is 0 Å². The number of hydrogen-bond donors (Lipinski definition) is 1. The third-order valence-electron chi connectivity index (χ3n) is 4.68. The van der Waals surface area contributed by atoms with Gasteiger partial charge in [0.1, 0.15) is 0 Å². The Balaban J connectivity index is 1.34. The SMILES string of the molecule is Cc1cccc2sc(NC(=O)c3ccc(-c4nnc(-c5ccccc5)o4)cc3)nc12. The lowest BCUT2D eigenvalue weighted by Gasteiger charge is -2.02. The molecule has 2 heterocycles. The molecule has 0 aliphatic rings. The number of aromatic nitrogens is 3. The van der Waals surface area contributed by atoms with Crippen molar-refractivity contribution in [1.29, 1.82) is 0 Å². The van der Waals surface area contributed by atoms with Crippen molar-refractivity contribution in [2.24, 2.45) is 0 Å². The molecular formula is C23H16N4O2S. The van der Waals surface area contributed by atoms with Crippen molar-refractivity contribution in [2.45, 2.75) is 6.92 Å². The molecule has 0 aliphatic carbocycles. The molecule has 30 heavy (non-hydrogen) atoms. The van der Waals surface area contributed by atoms with Crippen LogP contribution in [0.4, 0.5) is 5.13 Å². The molecule has 1 amide bonds. The molecule has 0 aliphatic heterocycles. The Morgan fingerprint density at radius 2 is 1.57 bits per heavy atom. The zero-order valence-electron chi connectivity index (χ0n) is 16.0. The van der Waals surface area contributed by atoms with Gasteiger partial charge in [0.15, 0.2) is 5.13 Å². The van der Waals surface area contributed by atoms with Gasteiger partial charge in [0.2, 0.25) is 11.8 Å². The number of nitrogens with one attached hydrogen (secondary N) is 1. The maximum Gasteiger partial charge on any atom is 0.257 e. The van der Waals surface area contributed by atoms with E-state index in [9.17, 15) is 4.79 Å². The lowest BCUT2D eigenvalue weighted by atomic mass is 10.1. The minimum atomic E-state index is -0.214. The summed E-state index contributed by atoms with van der Waals surface area (Å²) in [6.45, 7) is 2.01. The number of carbonyl (C=O) groups excluding carboxylic acids is 1. The van der Waals surface area contributed by atoms with Gasteiger partial charge in [0.05, 0.1) is 10.2 Å². The second kappa shape index (κ2) is 7.53. The molecule has 5 rings (SSSR count). The summed E-state index contributed by atoms with van der Waals surface area (Å²) in [6, 6.07) is 22.6. The van der Waals surface area contributed by atoms with Gasteiger partial charge in [-0.2, -0.15) is 0 Å². The predicted molar refractivity (Wildman–Crippen MR) is 117 cm³/mol. The Morgan fingerprint density at radius 1 is 0.867 bits per heavy atom. The number of para-hydroxylation sites is 1. The van der Waals surface area contributed by atoms with Gasteiger partial charge < -0.3 is 4.42 Å². The molecule has 0 bridgehead atoms. The standard InChI is InChI=1S/C23H16N4O2S/c1-14-6-5-9-18-19(14)24-23(30-18)25-20(28)15-10-12-17(13-11-15)22-27-26-21(29-22)16-7-3-2-4-8-16/h2-13H,1H3,(H,24,25,28). The van der Waals surface area contributed by atoms with Gasteiger partial charge >= 0.3 is 0 Å². The number of hydrogen-bond acceptors (Lipinski definition) is 6. The van der Waals surface area contributed by atoms with E-state index in [0.29, 0.717) is 22.5 Å². The van der Waals surface area contributed by atoms with E-state index in [1.807, 2.05) is 55.5 Å². The highest BCUT2D eigenvalue weighted by molar-refractivity contribution is 7.22. The van der Waals surface area contributed by atoms with Crippen molar-refractivity contribution in [3.05, 3.63) is 83.9 Å². The van der Waals surface area contributed by atoms with Gasteiger partial charge in [-0.15, -0.1) is 10.2 Å². The molecule has 0 saturated carbocycles. The number of fused-ring (bicyclic) bond motifs is 1. The Labute approximate surface area is 176 Å². The van der Waals surface area contributed by atoms with Crippen molar-refractivity contribution in [3.63, 3.8) is 0 Å². The van der Waals surface area contributed by atoms with E-state index in [0.717, 1.165) is 26.9 Å². The molecule has 0 unspecified atom stereocenters. The smallest absolute Gasteiger partial charge is 0.257 e. The quantitative estimate of drug-likeness (QED) is 0.417. The lowest BCUT2D eigenvalue weighted by Crippen LogP contribution is -2.11. The molecule has 5 aromatic rings. The summed E-state index contributed by atoms with van der Waals surface area (Å²) in [4.78, 5) is 17.1. The molecule has 146 valence electrons. The normalized spacial score (nSPS) is 11.0. The van der Waals surface area contributed by atoms with Crippen LogP contribution in [0, 0.1) is 6.92 Å².